The molecule has 0 aliphatic carbocycles. The molecule has 5 nitrogen and oxygen atoms in total. The van der Waals surface area contributed by atoms with Crippen molar-refractivity contribution < 1.29 is 19.0 Å². The summed E-state index contributed by atoms with van der Waals surface area (Å²) >= 11 is 11.8. The van der Waals surface area contributed by atoms with Crippen LogP contribution in [0.25, 0.3) is 6.08 Å². The van der Waals surface area contributed by atoms with Gasteiger partial charge in [-0.15, -0.1) is 0 Å². The lowest BCUT2D eigenvalue weighted by Crippen LogP contribution is -2.07. The molecule has 1 N–H and O–H groups in total. The Morgan fingerprint density at radius 3 is 2.12 bits per heavy atom. The highest BCUT2D eigenvalue weighted by Crippen LogP contribution is 2.38. The molecule has 25 heavy (non-hydrogen) atoms. The van der Waals surface area contributed by atoms with Gasteiger partial charge in [-0.3, -0.25) is 4.79 Å². The van der Waals surface area contributed by atoms with Crippen LogP contribution in [0.2, 0.25) is 10.0 Å². The molecule has 0 atom stereocenters. The second kappa shape index (κ2) is 8.65. The van der Waals surface area contributed by atoms with E-state index in [1.165, 1.54) is 27.4 Å². The summed E-state index contributed by atoms with van der Waals surface area (Å²) < 4.78 is 15.8. The number of nitrogens with one attached hydrogen (secondary N) is 1. The third kappa shape index (κ3) is 4.81. The van der Waals surface area contributed by atoms with Crippen molar-refractivity contribution in [2.45, 2.75) is 0 Å². The molecule has 0 spiro atoms. The Morgan fingerprint density at radius 1 is 0.960 bits per heavy atom. The average Bonchev–Trinajstić information content (AvgIpc) is 2.62. The molecule has 0 heterocycles. The second-order valence-corrected chi connectivity index (χ2v) is 5.72. The first-order valence-corrected chi connectivity index (χ1v) is 7.98. The number of carbonyl (C=O) groups excluding carboxylic acids is 1. The fraction of sp³-hybridized carbons (Fsp3) is 0.167. The van der Waals surface area contributed by atoms with Crippen LogP contribution in [0.3, 0.4) is 0 Å². The maximum absolute atomic E-state index is 12.1. The van der Waals surface area contributed by atoms with E-state index in [-0.39, 0.29) is 5.91 Å². The lowest BCUT2D eigenvalue weighted by atomic mass is 10.1. The summed E-state index contributed by atoms with van der Waals surface area (Å²) in [6.07, 6.45) is 3.03. The number of anilines is 1. The lowest BCUT2D eigenvalue weighted by Gasteiger charge is -2.12. The van der Waals surface area contributed by atoms with E-state index in [9.17, 15) is 4.79 Å². The van der Waals surface area contributed by atoms with E-state index >= 15 is 0 Å². The maximum atomic E-state index is 12.1. The minimum absolute atomic E-state index is 0.313. The summed E-state index contributed by atoms with van der Waals surface area (Å²) in [4.78, 5) is 12.1. The molecule has 0 unspecified atom stereocenters. The number of amides is 1. The number of rotatable bonds is 6. The Labute approximate surface area is 156 Å². The number of methoxy groups -OCH3 is 3. The number of carbonyl (C=O) groups is 1. The predicted octanol–water partition coefficient (Wildman–Crippen LogP) is 4.67. The SMILES string of the molecule is COc1cc(/C=C\C(=O)Nc2ccc(Cl)c(Cl)c2)cc(OC)c1OC. The Morgan fingerprint density at radius 2 is 1.60 bits per heavy atom. The first kappa shape index (κ1) is 19.0. The summed E-state index contributed by atoms with van der Waals surface area (Å²) in [6.45, 7) is 0. The summed E-state index contributed by atoms with van der Waals surface area (Å²) in [5.74, 6) is 1.19. The predicted molar refractivity (Wildman–Crippen MR) is 100 cm³/mol. The lowest BCUT2D eigenvalue weighted by molar-refractivity contribution is -0.111. The molecule has 132 valence electrons. The van der Waals surface area contributed by atoms with Crippen LogP contribution in [0.1, 0.15) is 5.56 Å². The summed E-state index contributed by atoms with van der Waals surface area (Å²) in [5.41, 5.74) is 1.27. The molecule has 2 rings (SSSR count). The monoisotopic (exact) mass is 381 g/mol. The molecule has 0 saturated heterocycles. The van der Waals surface area contributed by atoms with Gasteiger partial charge in [0.05, 0.1) is 31.4 Å². The van der Waals surface area contributed by atoms with Crippen molar-refractivity contribution in [2.75, 3.05) is 26.6 Å². The largest absolute Gasteiger partial charge is 0.493 e. The van der Waals surface area contributed by atoms with Gasteiger partial charge in [0.2, 0.25) is 11.7 Å². The van der Waals surface area contributed by atoms with Crippen molar-refractivity contribution in [1.29, 1.82) is 0 Å². The molecule has 0 saturated carbocycles. The van der Waals surface area contributed by atoms with Gasteiger partial charge in [0.1, 0.15) is 0 Å². The van der Waals surface area contributed by atoms with E-state index in [4.69, 9.17) is 37.4 Å². The summed E-state index contributed by atoms with van der Waals surface area (Å²) in [7, 11) is 4.59. The quantitative estimate of drug-likeness (QED) is 0.738. The van der Waals surface area contributed by atoms with Crippen molar-refractivity contribution in [2.24, 2.45) is 0 Å². The molecule has 0 radical (unpaired) electrons. The van der Waals surface area contributed by atoms with Gasteiger partial charge >= 0.3 is 0 Å². The van der Waals surface area contributed by atoms with Crippen LogP contribution in [0.4, 0.5) is 5.69 Å². The van der Waals surface area contributed by atoms with Gasteiger partial charge in [0.25, 0.3) is 0 Å². The van der Waals surface area contributed by atoms with Gasteiger partial charge in [-0.2, -0.15) is 0 Å². The first-order valence-electron chi connectivity index (χ1n) is 7.22. The Balaban J connectivity index is 2.17. The summed E-state index contributed by atoms with van der Waals surface area (Å²) in [5, 5.41) is 3.50. The molecule has 7 heteroatoms. The van der Waals surface area contributed by atoms with Gasteiger partial charge < -0.3 is 19.5 Å². The highest BCUT2D eigenvalue weighted by Gasteiger charge is 2.12. The van der Waals surface area contributed by atoms with Gasteiger partial charge in [0, 0.05) is 11.8 Å². The van der Waals surface area contributed by atoms with Crippen LogP contribution in [0, 0.1) is 0 Å². The molecular weight excluding hydrogens is 365 g/mol. The Bertz CT molecular complexity index is 781. The molecule has 0 bridgehead atoms. The molecule has 2 aromatic rings. The van der Waals surface area contributed by atoms with Crippen molar-refractivity contribution in [3.8, 4) is 17.2 Å². The molecule has 0 aliphatic rings. The standard InChI is InChI=1S/C18H17Cl2NO4/c1-23-15-8-11(9-16(24-2)18(15)25-3)4-7-17(22)21-12-5-6-13(19)14(20)10-12/h4-10H,1-3H3,(H,21,22)/b7-4-. The van der Waals surface area contributed by atoms with Gasteiger partial charge in [0.15, 0.2) is 11.5 Å². The minimum Gasteiger partial charge on any atom is -0.493 e. The van der Waals surface area contributed by atoms with Crippen LogP contribution < -0.4 is 19.5 Å². The number of benzene rings is 2. The van der Waals surface area contributed by atoms with E-state index in [1.807, 2.05) is 0 Å². The average molecular weight is 382 g/mol. The third-order valence-corrected chi connectivity index (χ3v) is 4.04. The molecular formula is C18H17Cl2NO4. The molecule has 0 fully saturated rings. The van der Waals surface area contributed by atoms with Crippen molar-refractivity contribution in [3.05, 3.63) is 52.0 Å². The van der Waals surface area contributed by atoms with Crippen molar-refractivity contribution in [3.63, 3.8) is 0 Å². The molecule has 2 aromatic carbocycles. The molecule has 0 aromatic heterocycles. The van der Waals surface area contributed by atoms with Crippen LogP contribution in [-0.2, 0) is 4.79 Å². The van der Waals surface area contributed by atoms with E-state index in [1.54, 1.807) is 36.4 Å². The fourth-order valence-corrected chi connectivity index (χ4v) is 2.43. The third-order valence-electron chi connectivity index (χ3n) is 3.30. The smallest absolute Gasteiger partial charge is 0.248 e. The zero-order valence-corrected chi connectivity index (χ0v) is 15.4. The number of halogens is 2. The van der Waals surface area contributed by atoms with Crippen LogP contribution in [0.15, 0.2) is 36.4 Å². The Kier molecular flexibility index (Phi) is 6.56. The zero-order valence-electron chi connectivity index (χ0n) is 13.9. The summed E-state index contributed by atoms with van der Waals surface area (Å²) in [6, 6.07) is 8.34. The van der Waals surface area contributed by atoms with Crippen LogP contribution in [0.5, 0.6) is 17.2 Å². The topological polar surface area (TPSA) is 56.8 Å². The molecule has 0 aliphatic heterocycles. The van der Waals surface area contributed by atoms with E-state index < -0.39 is 0 Å². The Hall–Kier alpha value is -2.37. The number of hydrogen-bond acceptors (Lipinski definition) is 4. The van der Waals surface area contributed by atoms with E-state index in [0.717, 1.165) is 5.56 Å². The number of hydrogen-bond donors (Lipinski definition) is 1. The van der Waals surface area contributed by atoms with Gasteiger partial charge in [-0.1, -0.05) is 23.2 Å². The normalized spacial score (nSPS) is 10.6. The number of ether oxygens (including phenoxy) is 3. The molecule has 1 amide bonds. The fourth-order valence-electron chi connectivity index (χ4n) is 2.13. The van der Waals surface area contributed by atoms with Crippen LogP contribution in [-0.4, -0.2) is 27.2 Å². The van der Waals surface area contributed by atoms with E-state index in [0.29, 0.717) is 33.0 Å². The highest BCUT2D eigenvalue weighted by atomic mass is 35.5. The van der Waals surface area contributed by atoms with Crippen molar-refractivity contribution >= 4 is 40.9 Å². The van der Waals surface area contributed by atoms with E-state index in [2.05, 4.69) is 5.32 Å². The highest BCUT2D eigenvalue weighted by molar-refractivity contribution is 6.42. The maximum Gasteiger partial charge on any atom is 0.248 e. The van der Waals surface area contributed by atoms with Gasteiger partial charge in [-0.25, -0.2) is 0 Å². The van der Waals surface area contributed by atoms with Crippen LogP contribution >= 0.6 is 23.2 Å². The van der Waals surface area contributed by atoms with Gasteiger partial charge in [-0.05, 0) is 42.0 Å². The first-order chi connectivity index (χ1) is 12.0. The zero-order chi connectivity index (χ0) is 18.4. The second-order valence-electron chi connectivity index (χ2n) is 4.91. The minimum atomic E-state index is -0.313. The van der Waals surface area contributed by atoms with Crippen molar-refractivity contribution in [1.82, 2.24) is 0 Å².